The van der Waals surface area contributed by atoms with Gasteiger partial charge < -0.3 is 13.3 Å². The molecule has 9 nitrogen and oxygen atoms in total. The average molecular weight is 400 g/mol. The molecule has 4 heterocycles. The molecule has 30 heavy (non-hydrogen) atoms. The Hall–Kier alpha value is -4.53. The smallest absolute Gasteiger partial charge is 0.269 e. The summed E-state index contributed by atoms with van der Waals surface area (Å²) in [5, 5.41) is 11.4. The topological polar surface area (TPSA) is 121 Å². The van der Waals surface area contributed by atoms with Crippen molar-refractivity contribution in [3.8, 4) is 22.8 Å². The quantitative estimate of drug-likeness (QED) is 0.220. The van der Waals surface area contributed by atoms with Crippen molar-refractivity contribution in [1.29, 1.82) is 0 Å². The number of nitro benzene ring substituents is 1. The molecule has 146 valence electrons. The summed E-state index contributed by atoms with van der Waals surface area (Å²) in [6.45, 7) is 0. The number of aliphatic imine (C=N–C) groups is 1. The summed E-state index contributed by atoms with van der Waals surface area (Å²) < 4.78 is 17.1. The molecule has 0 amide bonds. The number of rotatable bonds is 5. The van der Waals surface area contributed by atoms with Crippen LogP contribution in [0.2, 0.25) is 0 Å². The number of hydrogen-bond donors (Lipinski definition) is 0. The third-order valence-corrected chi connectivity index (χ3v) is 4.42. The Morgan fingerprint density at radius 2 is 1.70 bits per heavy atom. The maximum atomic E-state index is 10.8. The Balaban J connectivity index is 1.65. The Bertz CT molecular complexity index is 1350. The highest BCUT2D eigenvalue weighted by atomic mass is 16.6. The molecule has 0 saturated heterocycles. The average Bonchev–Trinajstić information content (AvgIpc) is 3.52. The van der Waals surface area contributed by atoms with Crippen LogP contribution in [0.5, 0.6) is 0 Å². The number of benzene rings is 1. The van der Waals surface area contributed by atoms with E-state index in [1.807, 2.05) is 0 Å². The van der Waals surface area contributed by atoms with Gasteiger partial charge in [-0.15, -0.1) is 0 Å². The number of fused-ring (bicyclic) bond motifs is 1. The van der Waals surface area contributed by atoms with Crippen molar-refractivity contribution < 1.29 is 18.2 Å². The van der Waals surface area contributed by atoms with E-state index < -0.39 is 4.92 Å². The molecule has 9 heteroatoms. The van der Waals surface area contributed by atoms with Crippen LogP contribution in [0.4, 0.5) is 11.5 Å². The van der Waals surface area contributed by atoms with Gasteiger partial charge in [0, 0.05) is 18.3 Å². The largest absolute Gasteiger partial charge is 0.464 e. The second-order valence-electron chi connectivity index (χ2n) is 6.25. The van der Waals surface area contributed by atoms with E-state index >= 15 is 0 Å². The summed E-state index contributed by atoms with van der Waals surface area (Å²) in [5.74, 6) is 1.90. The fourth-order valence-electron chi connectivity index (χ4n) is 3.07. The van der Waals surface area contributed by atoms with Crippen molar-refractivity contribution in [3.63, 3.8) is 0 Å². The van der Waals surface area contributed by atoms with Crippen LogP contribution >= 0.6 is 0 Å². The summed E-state index contributed by atoms with van der Waals surface area (Å²) in [6.07, 6.45) is 6.03. The van der Waals surface area contributed by atoms with Crippen molar-refractivity contribution in [3.05, 3.63) is 83.1 Å². The first kappa shape index (κ1) is 17.6. The maximum Gasteiger partial charge on any atom is 0.269 e. The first-order valence-electron chi connectivity index (χ1n) is 8.84. The fraction of sp³-hybridized carbons (Fsp3) is 0. The summed E-state index contributed by atoms with van der Waals surface area (Å²) >= 11 is 0. The highest BCUT2D eigenvalue weighted by Crippen LogP contribution is 2.43. The third-order valence-electron chi connectivity index (χ3n) is 4.42. The van der Waals surface area contributed by atoms with Crippen LogP contribution in [-0.4, -0.2) is 21.1 Å². The number of hydrogen-bond acceptors (Lipinski definition) is 8. The number of non-ortho nitro benzene ring substituents is 1. The lowest BCUT2D eigenvalue weighted by molar-refractivity contribution is -0.384. The van der Waals surface area contributed by atoms with Gasteiger partial charge in [0.15, 0.2) is 17.3 Å². The monoisotopic (exact) mass is 400 g/mol. The first-order chi connectivity index (χ1) is 14.7. The second-order valence-corrected chi connectivity index (χ2v) is 6.25. The van der Waals surface area contributed by atoms with Crippen LogP contribution < -0.4 is 0 Å². The Morgan fingerprint density at radius 1 is 0.967 bits per heavy atom. The Kier molecular flexibility index (Phi) is 4.18. The van der Waals surface area contributed by atoms with E-state index in [1.165, 1.54) is 18.5 Å². The van der Waals surface area contributed by atoms with Crippen LogP contribution in [0.15, 0.2) is 85.6 Å². The molecule has 0 atom stereocenters. The number of nitro groups is 1. The normalized spacial score (nSPS) is 11.5. The number of nitrogens with zero attached hydrogens (tertiary/aromatic N) is 4. The van der Waals surface area contributed by atoms with Crippen molar-refractivity contribution in [2.45, 2.75) is 0 Å². The van der Waals surface area contributed by atoms with Crippen molar-refractivity contribution in [1.82, 2.24) is 9.97 Å². The minimum Gasteiger partial charge on any atom is -0.464 e. The molecule has 0 aliphatic rings. The minimum atomic E-state index is -0.452. The van der Waals surface area contributed by atoms with E-state index in [1.54, 1.807) is 55.1 Å². The molecule has 0 fully saturated rings. The summed E-state index contributed by atoms with van der Waals surface area (Å²) in [5.41, 5.74) is 1.65. The Labute approximate surface area is 168 Å². The van der Waals surface area contributed by atoms with Gasteiger partial charge in [0.25, 0.3) is 5.69 Å². The number of aromatic nitrogens is 2. The molecule has 0 unspecified atom stereocenters. The summed E-state index contributed by atoms with van der Waals surface area (Å²) in [4.78, 5) is 23.3. The molecule has 5 rings (SSSR count). The molecule has 0 spiro atoms. The zero-order valence-corrected chi connectivity index (χ0v) is 15.3. The molecular weight excluding hydrogens is 388 g/mol. The predicted molar refractivity (Wildman–Crippen MR) is 108 cm³/mol. The first-order valence-corrected chi connectivity index (χ1v) is 8.84. The molecule has 4 aromatic heterocycles. The molecule has 0 saturated carbocycles. The fourth-order valence-corrected chi connectivity index (χ4v) is 3.07. The molecule has 0 aliphatic carbocycles. The summed E-state index contributed by atoms with van der Waals surface area (Å²) in [6, 6.07) is 13.1. The molecule has 0 N–H and O–H groups in total. The van der Waals surface area contributed by atoms with Crippen LogP contribution in [0.3, 0.4) is 0 Å². The lowest BCUT2D eigenvalue weighted by atomic mass is 10.1. The lowest BCUT2D eigenvalue weighted by Crippen LogP contribution is -1.88. The van der Waals surface area contributed by atoms with Gasteiger partial charge in [0.1, 0.15) is 12.1 Å². The second kappa shape index (κ2) is 7.13. The molecule has 1 aromatic carbocycles. The molecular formula is C21H12N4O5. The van der Waals surface area contributed by atoms with Gasteiger partial charge in [0.2, 0.25) is 5.71 Å². The molecule has 0 radical (unpaired) electrons. The molecule has 5 aromatic rings. The van der Waals surface area contributed by atoms with Crippen LogP contribution in [0.25, 0.3) is 33.9 Å². The van der Waals surface area contributed by atoms with Crippen LogP contribution in [0, 0.1) is 10.1 Å². The number of furan rings is 3. The van der Waals surface area contributed by atoms with Crippen LogP contribution in [0.1, 0.15) is 5.56 Å². The van der Waals surface area contributed by atoms with Crippen molar-refractivity contribution in [2.75, 3.05) is 0 Å². The summed E-state index contributed by atoms with van der Waals surface area (Å²) in [7, 11) is 0. The SMILES string of the molecule is O=[N+]([O-])c1ccc(C=Nc2ncnc3oc(-c4ccco4)c(-c4ccco4)c23)cc1. The van der Waals surface area contributed by atoms with E-state index in [-0.39, 0.29) is 5.69 Å². The van der Waals surface area contributed by atoms with Crippen molar-refractivity contribution in [2.24, 2.45) is 4.99 Å². The van der Waals surface area contributed by atoms with Gasteiger partial charge in [0.05, 0.1) is 28.4 Å². The predicted octanol–water partition coefficient (Wildman–Crippen LogP) is 5.40. The van der Waals surface area contributed by atoms with Gasteiger partial charge in [-0.3, -0.25) is 10.1 Å². The van der Waals surface area contributed by atoms with Crippen molar-refractivity contribution >= 4 is 28.8 Å². The van der Waals surface area contributed by atoms with Gasteiger partial charge >= 0.3 is 0 Å². The van der Waals surface area contributed by atoms with E-state index in [0.717, 1.165) is 0 Å². The van der Waals surface area contributed by atoms with E-state index in [2.05, 4.69) is 15.0 Å². The minimum absolute atomic E-state index is 0.00889. The van der Waals surface area contributed by atoms with Gasteiger partial charge in [-0.05, 0) is 42.0 Å². The zero-order chi connectivity index (χ0) is 20.5. The van der Waals surface area contributed by atoms with Gasteiger partial charge in [-0.2, -0.15) is 0 Å². The third kappa shape index (κ3) is 3.04. The van der Waals surface area contributed by atoms with E-state index in [9.17, 15) is 10.1 Å². The van der Waals surface area contributed by atoms with Crippen LogP contribution in [-0.2, 0) is 0 Å². The lowest BCUT2D eigenvalue weighted by Gasteiger charge is -1.99. The van der Waals surface area contributed by atoms with E-state index in [4.69, 9.17) is 13.3 Å². The Morgan fingerprint density at radius 3 is 2.37 bits per heavy atom. The van der Waals surface area contributed by atoms with Gasteiger partial charge in [-0.25, -0.2) is 15.0 Å². The highest BCUT2D eigenvalue weighted by molar-refractivity contribution is 6.04. The molecule has 0 aliphatic heterocycles. The highest BCUT2D eigenvalue weighted by Gasteiger charge is 2.25. The van der Waals surface area contributed by atoms with E-state index in [0.29, 0.717) is 45.3 Å². The maximum absolute atomic E-state index is 10.8. The zero-order valence-electron chi connectivity index (χ0n) is 15.3. The standard InChI is InChI=1S/C21H12N4O5/c26-25(27)14-7-5-13(6-8-14)11-22-20-18-17(15-3-1-9-28-15)19(16-4-2-10-29-16)30-21(18)24-12-23-20/h1-12H. The molecule has 0 bridgehead atoms. The van der Waals surface area contributed by atoms with Gasteiger partial charge in [-0.1, -0.05) is 0 Å².